The summed E-state index contributed by atoms with van der Waals surface area (Å²) >= 11 is 0. The SMILES string of the molecule is Cc1cc(C(CN)N2CCOCC2(C)C)ccc1F. The van der Waals surface area contributed by atoms with Gasteiger partial charge in [0.25, 0.3) is 0 Å². The molecule has 0 bridgehead atoms. The van der Waals surface area contributed by atoms with Gasteiger partial charge in [0.2, 0.25) is 0 Å². The number of halogens is 1. The molecule has 1 aliphatic rings. The molecule has 1 aromatic carbocycles. The van der Waals surface area contributed by atoms with E-state index in [1.165, 1.54) is 6.07 Å². The van der Waals surface area contributed by atoms with E-state index in [4.69, 9.17) is 10.5 Å². The summed E-state index contributed by atoms with van der Waals surface area (Å²) in [7, 11) is 0. The lowest BCUT2D eigenvalue weighted by Crippen LogP contribution is -2.55. The van der Waals surface area contributed by atoms with Crippen molar-refractivity contribution in [1.29, 1.82) is 0 Å². The minimum Gasteiger partial charge on any atom is -0.378 e. The number of benzene rings is 1. The monoisotopic (exact) mass is 266 g/mol. The van der Waals surface area contributed by atoms with Gasteiger partial charge in [0.15, 0.2) is 0 Å². The first-order valence-electron chi connectivity index (χ1n) is 6.76. The first-order chi connectivity index (χ1) is 8.95. The lowest BCUT2D eigenvalue weighted by molar-refractivity contribution is -0.0712. The van der Waals surface area contributed by atoms with Gasteiger partial charge in [0, 0.05) is 24.7 Å². The molecule has 0 saturated carbocycles. The molecule has 2 rings (SSSR count). The molecule has 1 heterocycles. The number of hydrogen-bond donors (Lipinski definition) is 1. The number of nitrogens with two attached hydrogens (primary N) is 1. The summed E-state index contributed by atoms with van der Waals surface area (Å²) in [5, 5.41) is 0. The highest BCUT2D eigenvalue weighted by molar-refractivity contribution is 5.27. The van der Waals surface area contributed by atoms with Gasteiger partial charge in [-0.3, -0.25) is 4.90 Å². The lowest BCUT2D eigenvalue weighted by Gasteiger charge is -2.46. The van der Waals surface area contributed by atoms with E-state index in [0.717, 1.165) is 18.7 Å². The first kappa shape index (κ1) is 14.4. The maximum atomic E-state index is 13.4. The van der Waals surface area contributed by atoms with E-state index >= 15 is 0 Å². The number of nitrogens with zero attached hydrogens (tertiary/aromatic N) is 1. The summed E-state index contributed by atoms with van der Waals surface area (Å²) in [6.07, 6.45) is 0. The third kappa shape index (κ3) is 2.96. The quantitative estimate of drug-likeness (QED) is 0.912. The number of ether oxygens (including phenoxy) is 1. The highest BCUT2D eigenvalue weighted by Crippen LogP contribution is 2.30. The smallest absolute Gasteiger partial charge is 0.126 e. The van der Waals surface area contributed by atoms with Gasteiger partial charge in [0.1, 0.15) is 5.82 Å². The van der Waals surface area contributed by atoms with Gasteiger partial charge in [-0.05, 0) is 38.0 Å². The third-order valence-corrected chi connectivity index (χ3v) is 3.88. The van der Waals surface area contributed by atoms with Crippen LogP contribution in [0.4, 0.5) is 4.39 Å². The molecule has 19 heavy (non-hydrogen) atoms. The zero-order valence-corrected chi connectivity index (χ0v) is 11.9. The van der Waals surface area contributed by atoms with Crippen molar-refractivity contribution in [2.45, 2.75) is 32.4 Å². The maximum absolute atomic E-state index is 13.4. The molecule has 0 aromatic heterocycles. The van der Waals surface area contributed by atoms with Crippen LogP contribution in [0.15, 0.2) is 18.2 Å². The average molecular weight is 266 g/mol. The Morgan fingerprint density at radius 3 is 2.79 bits per heavy atom. The summed E-state index contributed by atoms with van der Waals surface area (Å²) in [4.78, 5) is 2.36. The van der Waals surface area contributed by atoms with Gasteiger partial charge in [-0.1, -0.05) is 12.1 Å². The van der Waals surface area contributed by atoms with Crippen molar-refractivity contribution < 1.29 is 9.13 Å². The molecular weight excluding hydrogens is 243 g/mol. The largest absolute Gasteiger partial charge is 0.378 e. The summed E-state index contributed by atoms with van der Waals surface area (Å²) in [6.45, 7) is 8.90. The Hall–Kier alpha value is -0.970. The predicted molar refractivity (Wildman–Crippen MR) is 74.5 cm³/mol. The van der Waals surface area contributed by atoms with Crippen LogP contribution in [0.1, 0.15) is 31.0 Å². The van der Waals surface area contributed by atoms with Crippen molar-refractivity contribution in [2.24, 2.45) is 5.73 Å². The van der Waals surface area contributed by atoms with Crippen LogP contribution < -0.4 is 5.73 Å². The van der Waals surface area contributed by atoms with Crippen molar-refractivity contribution in [3.05, 3.63) is 35.1 Å². The molecule has 1 atom stereocenters. The Labute approximate surface area is 114 Å². The van der Waals surface area contributed by atoms with Gasteiger partial charge >= 0.3 is 0 Å². The standard InChI is InChI=1S/C15H23FN2O/c1-11-8-12(4-5-13(11)16)14(9-17)18-6-7-19-10-15(18,2)3/h4-5,8,14H,6-7,9-10,17H2,1-3H3. The fraction of sp³-hybridized carbons (Fsp3) is 0.600. The van der Waals surface area contributed by atoms with Gasteiger partial charge in [-0.15, -0.1) is 0 Å². The molecule has 0 aliphatic carbocycles. The Kier molecular flexibility index (Phi) is 4.23. The minimum absolute atomic E-state index is 0.0510. The molecule has 0 spiro atoms. The van der Waals surface area contributed by atoms with Crippen molar-refractivity contribution in [3.63, 3.8) is 0 Å². The molecule has 106 valence electrons. The van der Waals surface area contributed by atoms with Gasteiger partial charge in [-0.2, -0.15) is 0 Å². The van der Waals surface area contributed by atoms with Crippen molar-refractivity contribution in [2.75, 3.05) is 26.3 Å². The maximum Gasteiger partial charge on any atom is 0.126 e. The zero-order chi connectivity index (χ0) is 14.0. The molecule has 0 amide bonds. The highest BCUT2D eigenvalue weighted by atomic mass is 19.1. The minimum atomic E-state index is -0.166. The van der Waals surface area contributed by atoms with E-state index in [0.29, 0.717) is 18.7 Å². The first-order valence-corrected chi connectivity index (χ1v) is 6.76. The van der Waals surface area contributed by atoms with Crippen molar-refractivity contribution in [3.8, 4) is 0 Å². The van der Waals surface area contributed by atoms with E-state index in [2.05, 4.69) is 18.7 Å². The van der Waals surface area contributed by atoms with Crippen LogP contribution in [-0.2, 0) is 4.74 Å². The van der Waals surface area contributed by atoms with Crippen LogP contribution in [-0.4, -0.2) is 36.7 Å². The second kappa shape index (κ2) is 5.57. The zero-order valence-electron chi connectivity index (χ0n) is 11.9. The third-order valence-electron chi connectivity index (χ3n) is 3.88. The summed E-state index contributed by atoms with van der Waals surface area (Å²) < 4.78 is 18.9. The normalized spacial score (nSPS) is 21.3. The highest BCUT2D eigenvalue weighted by Gasteiger charge is 2.35. The van der Waals surface area contributed by atoms with Crippen LogP contribution in [0.3, 0.4) is 0 Å². The van der Waals surface area contributed by atoms with Gasteiger partial charge < -0.3 is 10.5 Å². The van der Waals surface area contributed by atoms with E-state index < -0.39 is 0 Å². The summed E-state index contributed by atoms with van der Waals surface area (Å²) in [6, 6.07) is 5.38. The van der Waals surface area contributed by atoms with Crippen LogP contribution in [0.25, 0.3) is 0 Å². The predicted octanol–water partition coefficient (Wildman–Crippen LogP) is 2.24. The molecular formula is C15H23FN2O. The number of rotatable bonds is 3. The molecule has 3 nitrogen and oxygen atoms in total. The van der Waals surface area contributed by atoms with E-state index in [9.17, 15) is 4.39 Å². The topological polar surface area (TPSA) is 38.5 Å². The molecule has 1 unspecified atom stereocenters. The Morgan fingerprint density at radius 2 is 2.21 bits per heavy atom. The van der Waals surface area contributed by atoms with Gasteiger partial charge in [-0.25, -0.2) is 4.39 Å². The van der Waals surface area contributed by atoms with Crippen molar-refractivity contribution in [1.82, 2.24) is 4.90 Å². The second-order valence-electron chi connectivity index (χ2n) is 5.82. The molecule has 1 aliphatic heterocycles. The number of hydrogen-bond acceptors (Lipinski definition) is 3. The molecule has 0 radical (unpaired) electrons. The lowest BCUT2D eigenvalue weighted by atomic mass is 9.95. The van der Waals surface area contributed by atoms with Crippen LogP contribution >= 0.6 is 0 Å². The fourth-order valence-electron chi connectivity index (χ4n) is 2.77. The average Bonchev–Trinajstić information content (AvgIpc) is 2.36. The molecule has 4 heteroatoms. The Bertz CT molecular complexity index is 448. The molecule has 1 aromatic rings. The Balaban J connectivity index is 2.30. The molecule has 1 saturated heterocycles. The van der Waals surface area contributed by atoms with E-state index in [1.54, 1.807) is 6.92 Å². The van der Waals surface area contributed by atoms with Crippen LogP contribution in [0, 0.1) is 12.7 Å². The van der Waals surface area contributed by atoms with Crippen LogP contribution in [0.5, 0.6) is 0 Å². The van der Waals surface area contributed by atoms with Gasteiger partial charge in [0.05, 0.1) is 13.2 Å². The number of aryl methyl sites for hydroxylation is 1. The van der Waals surface area contributed by atoms with E-state index in [1.807, 2.05) is 12.1 Å². The van der Waals surface area contributed by atoms with E-state index in [-0.39, 0.29) is 17.4 Å². The van der Waals surface area contributed by atoms with Crippen LogP contribution in [0.2, 0.25) is 0 Å². The van der Waals surface area contributed by atoms with Crippen molar-refractivity contribution >= 4 is 0 Å². The molecule has 2 N–H and O–H groups in total. The number of morpholine rings is 1. The fourth-order valence-corrected chi connectivity index (χ4v) is 2.77. The Morgan fingerprint density at radius 1 is 1.47 bits per heavy atom. The molecule has 1 fully saturated rings. The summed E-state index contributed by atoms with van der Waals surface area (Å²) in [5.74, 6) is -0.166. The second-order valence-corrected chi connectivity index (χ2v) is 5.82. The summed E-state index contributed by atoms with van der Waals surface area (Å²) in [5.41, 5.74) is 7.67.